The number of rotatable bonds is 0. The van der Waals surface area contributed by atoms with Crippen LogP contribution in [0, 0.1) is 35.5 Å². The van der Waals surface area contributed by atoms with Gasteiger partial charge in [-0.3, -0.25) is 9.59 Å². The van der Waals surface area contributed by atoms with Gasteiger partial charge in [0.05, 0.1) is 11.8 Å². The summed E-state index contributed by atoms with van der Waals surface area (Å²) in [5.74, 6) is 2.00. The van der Waals surface area contributed by atoms with E-state index in [1.54, 1.807) is 0 Å². The lowest BCUT2D eigenvalue weighted by atomic mass is 9.81. The minimum Gasteiger partial charge on any atom is -0.393 e. The van der Waals surface area contributed by atoms with Crippen LogP contribution >= 0.6 is 0 Å². The van der Waals surface area contributed by atoms with Crippen LogP contribution in [0.25, 0.3) is 0 Å². The lowest BCUT2D eigenvalue weighted by Gasteiger charge is -2.17. The fourth-order valence-electron chi connectivity index (χ4n) is 4.12. The Morgan fingerprint density at radius 2 is 1.31 bits per heavy atom. The van der Waals surface area contributed by atoms with Crippen LogP contribution in [0.4, 0.5) is 0 Å². The fraction of sp³-hybridized carbons (Fsp3) is 0.800. The van der Waals surface area contributed by atoms with Gasteiger partial charge in [0, 0.05) is 0 Å². The van der Waals surface area contributed by atoms with Crippen molar-refractivity contribution < 1.29 is 14.3 Å². The maximum Gasteiger partial charge on any atom is 0.317 e. The van der Waals surface area contributed by atoms with Gasteiger partial charge in [0.15, 0.2) is 0 Å². The minimum absolute atomic E-state index is 0.0405. The maximum atomic E-state index is 11.4. The topological polar surface area (TPSA) is 43.4 Å². The van der Waals surface area contributed by atoms with E-state index in [-0.39, 0.29) is 23.8 Å². The quantitative estimate of drug-likeness (QED) is 0.402. The van der Waals surface area contributed by atoms with Crippen LogP contribution in [0.3, 0.4) is 0 Å². The second kappa shape index (κ2) is 1.68. The van der Waals surface area contributed by atoms with Crippen LogP contribution < -0.4 is 0 Å². The fourth-order valence-corrected chi connectivity index (χ4v) is 4.12. The third-order valence-electron chi connectivity index (χ3n) is 4.59. The largest absolute Gasteiger partial charge is 0.393 e. The highest BCUT2D eigenvalue weighted by atomic mass is 16.6. The van der Waals surface area contributed by atoms with Crippen LogP contribution in [0.5, 0.6) is 0 Å². The number of fused-ring (bicyclic) bond motifs is 8. The van der Waals surface area contributed by atoms with Crippen molar-refractivity contribution in [2.24, 2.45) is 35.5 Å². The SMILES string of the molecule is O=C1OC(=O)[C@H]2C3CC([C@@H]12)[C@@H]1C[C@H]31. The van der Waals surface area contributed by atoms with Crippen molar-refractivity contribution >= 4 is 11.9 Å². The third-order valence-corrected chi connectivity index (χ3v) is 4.59. The van der Waals surface area contributed by atoms with Crippen LogP contribution in [-0.4, -0.2) is 11.9 Å². The van der Waals surface area contributed by atoms with E-state index in [0.29, 0.717) is 11.8 Å². The Kier molecular flexibility index (Phi) is 0.848. The molecule has 1 saturated heterocycles. The summed E-state index contributed by atoms with van der Waals surface area (Å²) in [6, 6.07) is 0. The van der Waals surface area contributed by atoms with Crippen molar-refractivity contribution in [1.29, 1.82) is 0 Å². The Morgan fingerprint density at radius 3 is 1.85 bits per heavy atom. The smallest absolute Gasteiger partial charge is 0.317 e. The normalized spacial score (nSPS) is 60.6. The first-order chi connectivity index (χ1) is 6.27. The van der Waals surface area contributed by atoms with Gasteiger partial charge in [0.1, 0.15) is 0 Å². The zero-order valence-electron chi connectivity index (χ0n) is 7.10. The van der Waals surface area contributed by atoms with E-state index in [4.69, 9.17) is 4.74 Å². The molecule has 0 spiro atoms. The summed E-state index contributed by atoms with van der Waals surface area (Å²) in [5.41, 5.74) is 0. The molecule has 3 saturated carbocycles. The van der Waals surface area contributed by atoms with Crippen LogP contribution in [0.15, 0.2) is 0 Å². The molecule has 2 bridgehead atoms. The summed E-state index contributed by atoms with van der Waals surface area (Å²) in [6.45, 7) is 0. The molecular weight excluding hydrogens is 168 g/mol. The van der Waals surface area contributed by atoms with Crippen molar-refractivity contribution in [3.8, 4) is 0 Å². The van der Waals surface area contributed by atoms with Gasteiger partial charge in [0.25, 0.3) is 0 Å². The van der Waals surface area contributed by atoms with E-state index in [9.17, 15) is 9.59 Å². The molecule has 0 radical (unpaired) electrons. The average Bonchev–Trinajstić information content (AvgIpc) is 2.58. The number of hydrogen-bond acceptors (Lipinski definition) is 3. The highest BCUT2D eigenvalue weighted by Crippen LogP contribution is 2.70. The van der Waals surface area contributed by atoms with E-state index in [0.717, 1.165) is 18.3 Å². The number of carbonyl (C=O) groups is 2. The predicted octanol–water partition coefficient (Wildman–Crippen LogP) is 0.588. The van der Waals surface area contributed by atoms with Crippen LogP contribution in [-0.2, 0) is 14.3 Å². The number of esters is 2. The van der Waals surface area contributed by atoms with Gasteiger partial charge < -0.3 is 4.74 Å². The Hall–Kier alpha value is -0.860. The second-order valence-electron chi connectivity index (χ2n) is 4.92. The molecule has 13 heavy (non-hydrogen) atoms. The van der Waals surface area contributed by atoms with Gasteiger partial charge in [-0.05, 0) is 36.5 Å². The molecule has 1 heterocycles. The molecule has 3 heteroatoms. The van der Waals surface area contributed by atoms with Crippen LogP contribution in [0.1, 0.15) is 12.8 Å². The predicted molar refractivity (Wildman–Crippen MR) is 41.3 cm³/mol. The van der Waals surface area contributed by atoms with E-state index in [2.05, 4.69) is 0 Å². The van der Waals surface area contributed by atoms with Crippen molar-refractivity contribution in [3.63, 3.8) is 0 Å². The molecule has 0 aromatic carbocycles. The highest BCUT2D eigenvalue weighted by Gasteiger charge is 2.71. The van der Waals surface area contributed by atoms with Crippen molar-refractivity contribution in [2.75, 3.05) is 0 Å². The molecule has 1 aliphatic heterocycles. The molecule has 3 aliphatic carbocycles. The van der Waals surface area contributed by atoms with E-state index in [1.165, 1.54) is 6.42 Å². The molecule has 3 nitrogen and oxygen atoms in total. The van der Waals surface area contributed by atoms with Gasteiger partial charge in [-0.25, -0.2) is 0 Å². The second-order valence-corrected chi connectivity index (χ2v) is 4.92. The standard InChI is InChI=1S/C10H10O3/c11-9-7-5-2-6(4-1-3(4)5)8(7)10(12)13-9/h3-8H,1-2H2/t3-,4+,5?,6?,7-,8+. The molecule has 4 aliphatic rings. The van der Waals surface area contributed by atoms with Gasteiger partial charge >= 0.3 is 11.9 Å². The van der Waals surface area contributed by atoms with Crippen molar-refractivity contribution in [1.82, 2.24) is 0 Å². The lowest BCUT2D eigenvalue weighted by molar-refractivity contribution is -0.154. The summed E-state index contributed by atoms with van der Waals surface area (Å²) < 4.78 is 4.70. The lowest BCUT2D eigenvalue weighted by Crippen LogP contribution is -2.26. The zero-order valence-corrected chi connectivity index (χ0v) is 7.10. The first-order valence-electron chi connectivity index (χ1n) is 5.03. The number of hydrogen-bond donors (Lipinski definition) is 0. The molecule has 0 N–H and O–H groups in total. The molecule has 4 fully saturated rings. The summed E-state index contributed by atoms with van der Waals surface area (Å²) in [5, 5.41) is 0. The first-order valence-corrected chi connectivity index (χ1v) is 5.03. The molecular formula is C10H10O3. The monoisotopic (exact) mass is 178 g/mol. The molecule has 0 aromatic heterocycles. The Balaban J connectivity index is 1.84. The van der Waals surface area contributed by atoms with Gasteiger partial charge in [-0.1, -0.05) is 0 Å². The summed E-state index contributed by atoms with van der Waals surface area (Å²) >= 11 is 0. The first kappa shape index (κ1) is 6.57. The van der Waals surface area contributed by atoms with Crippen molar-refractivity contribution in [3.05, 3.63) is 0 Å². The maximum absolute atomic E-state index is 11.4. The number of carbonyl (C=O) groups excluding carboxylic acids is 2. The molecule has 0 aromatic rings. The number of ether oxygens (including phenoxy) is 1. The number of cyclic esters (lactones) is 2. The van der Waals surface area contributed by atoms with E-state index in [1.807, 2.05) is 0 Å². The van der Waals surface area contributed by atoms with Crippen molar-refractivity contribution in [2.45, 2.75) is 12.8 Å². The third kappa shape index (κ3) is 0.550. The summed E-state index contributed by atoms with van der Waals surface area (Å²) in [6.07, 6.45) is 2.38. The van der Waals surface area contributed by atoms with E-state index >= 15 is 0 Å². The van der Waals surface area contributed by atoms with Gasteiger partial charge in [-0.15, -0.1) is 0 Å². The molecule has 4 rings (SSSR count). The highest BCUT2D eigenvalue weighted by molar-refractivity contribution is 5.97. The Labute approximate surface area is 75.4 Å². The van der Waals surface area contributed by atoms with Gasteiger partial charge in [0.2, 0.25) is 0 Å². The minimum atomic E-state index is -0.229. The molecule has 2 unspecified atom stereocenters. The van der Waals surface area contributed by atoms with E-state index < -0.39 is 0 Å². The van der Waals surface area contributed by atoms with Crippen LogP contribution in [0.2, 0.25) is 0 Å². The molecule has 6 atom stereocenters. The summed E-state index contributed by atoms with van der Waals surface area (Å²) in [7, 11) is 0. The molecule has 0 amide bonds. The molecule has 68 valence electrons. The summed E-state index contributed by atoms with van der Waals surface area (Å²) in [4.78, 5) is 22.8. The Morgan fingerprint density at radius 1 is 0.846 bits per heavy atom. The van der Waals surface area contributed by atoms with Gasteiger partial charge in [-0.2, -0.15) is 0 Å². The Bertz CT molecular complexity index is 305. The average molecular weight is 178 g/mol. The zero-order chi connectivity index (χ0) is 8.74.